The van der Waals surface area contributed by atoms with Gasteiger partial charge in [-0.25, -0.2) is 4.79 Å². The van der Waals surface area contributed by atoms with Gasteiger partial charge in [0, 0.05) is 43.4 Å². The Bertz CT molecular complexity index is 712. The quantitative estimate of drug-likeness (QED) is 0.795. The van der Waals surface area contributed by atoms with Crippen molar-refractivity contribution in [3.8, 4) is 0 Å². The standard InChI is InChI=1S/C19H21ClN2O2/c1-24-19(23)16-5-2-4-15(12-16)14-21-8-10-22(11-9-21)18-7-3-6-17(20)13-18/h2-7,12-13H,8-11,14H2,1H3. The number of carbonyl (C=O) groups excluding carboxylic acids is 1. The van der Waals surface area contributed by atoms with Gasteiger partial charge < -0.3 is 9.64 Å². The van der Waals surface area contributed by atoms with E-state index in [0.717, 1.165) is 43.3 Å². The van der Waals surface area contributed by atoms with Crippen molar-refractivity contribution < 1.29 is 9.53 Å². The summed E-state index contributed by atoms with van der Waals surface area (Å²) in [5.41, 5.74) is 2.91. The molecule has 0 atom stereocenters. The van der Waals surface area contributed by atoms with Crippen molar-refractivity contribution in [1.29, 1.82) is 0 Å². The summed E-state index contributed by atoms with van der Waals surface area (Å²) in [5.74, 6) is -0.289. The second-order valence-corrected chi connectivity index (χ2v) is 6.37. The Kier molecular flexibility index (Phi) is 5.38. The van der Waals surface area contributed by atoms with Gasteiger partial charge >= 0.3 is 5.97 Å². The molecule has 0 N–H and O–H groups in total. The van der Waals surface area contributed by atoms with Crippen LogP contribution in [0.3, 0.4) is 0 Å². The summed E-state index contributed by atoms with van der Waals surface area (Å²) in [6.07, 6.45) is 0. The van der Waals surface area contributed by atoms with E-state index >= 15 is 0 Å². The topological polar surface area (TPSA) is 32.8 Å². The van der Waals surface area contributed by atoms with Gasteiger partial charge in [0.15, 0.2) is 0 Å². The maximum Gasteiger partial charge on any atom is 0.337 e. The van der Waals surface area contributed by atoms with E-state index in [1.807, 2.05) is 30.3 Å². The zero-order valence-corrected chi connectivity index (χ0v) is 14.5. The average Bonchev–Trinajstić information content (AvgIpc) is 2.62. The molecule has 1 aliphatic heterocycles. The molecule has 5 heteroatoms. The second-order valence-electron chi connectivity index (χ2n) is 5.94. The first kappa shape index (κ1) is 16.8. The molecule has 0 bridgehead atoms. The molecular weight excluding hydrogens is 324 g/mol. The zero-order valence-electron chi connectivity index (χ0n) is 13.7. The molecule has 1 aliphatic rings. The summed E-state index contributed by atoms with van der Waals surface area (Å²) in [7, 11) is 1.41. The lowest BCUT2D eigenvalue weighted by atomic mass is 10.1. The van der Waals surface area contributed by atoms with Crippen molar-refractivity contribution in [3.05, 3.63) is 64.7 Å². The van der Waals surface area contributed by atoms with Crippen LogP contribution in [0.5, 0.6) is 0 Å². The van der Waals surface area contributed by atoms with Gasteiger partial charge in [-0.15, -0.1) is 0 Å². The van der Waals surface area contributed by atoms with Gasteiger partial charge in [0.05, 0.1) is 12.7 Å². The maximum atomic E-state index is 11.6. The van der Waals surface area contributed by atoms with E-state index in [1.54, 1.807) is 6.07 Å². The number of halogens is 1. The largest absolute Gasteiger partial charge is 0.465 e. The number of hydrogen-bond donors (Lipinski definition) is 0. The van der Waals surface area contributed by atoms with Crippen LogP contribution < -0.4 is 4.90 Å². The number of hydrogen-bond acceptors (Lipinski definition) is 4. The van der Waals surface area contributed by atoms with E-state index in [1.165, 1.54) is 12.8 Å². The van der Waals surface area contributed by atoms with E-state index in [4.69, 9.17) is 16.3 Å². The Morgan fingerprint density at radius 1 is 1.08 bits per heavy atom. The number of nitrogens with zero attached hydrogens (tertiary/aromatic N) is 2. The molecule has 1 fully saturated rings. The fourth-order valence-electron chi connectivity index (χ4n) is 3.01. The van der Waals surface area contributed by atoms with Crippen molar-refractivity contribution in [2.24, 2.45) is 0 Å². The van der Waals surface area contributed by atoms with Crippen molar-refractivity contribution in [2.75, 3.05) is 38.2 Å². The number of anilines is 1. The normalized spacial score (nSPS) is 15.3. The minimum Gasteiger partial charge on any atom is -0.465 e. The predicted molar refractivity (Wildman–Crippen MR) is 96.7 cm³/mol. The van der Waals surface area contributed by atoms with Crippen LogP contribution in [0.25, 0.3) is 0 Å². The van der Waals surface area contributed by atoms with Crippen LogP contribution in [0, 0.1) is 0 Å². The number of benzene rings is 2. The monoisotopic (exact) mass is 344 g/mol. The predicted octanol–water partition coefficient (Wildman–Crippen LogP) is 3.45. The van der Waals surface area contributed by atoms with Gasteiger partial charge in [0.25, 0.3) is 0 Å². The fourth-order valence-corrected chi connectivity index (χ4v) is 3.19. The molecule has 0 amide bonds. The lowest BCUT2D eigenvalue weighted by Crippen LogP contribution is -2.45. The van der Waals surface area contributed by atoms with Crippen molar-refractivity contribution in [3.63, 3.8) is 0 Å². The van der Waals surface area contributed by atoms with E-state index < -0.39 is 0 Å². The SMILES string of the molecule is COC(=O)c1cccc(CN2CCN(c3cccc(Cl)c3)CC2)c1. The first-order valence-corrected chi connectivity index (χ1v) is 8.43. The van der Waals surface area contributed by atoms with Gasteiger partial charge in [-0.2, -0.15) is 0 Å². The Balaban J connectivity index is 1.58. The summed E-state index contributed by atoms with van der Waals surface area (Å²) < 4.78 is 4.78. The van der Waals surface area contributed by atoms with Crippen LogP contribution >= 0.6 is 11.6 Å². The Morgan fingerprint density at radius 2 is 1.83 bits per heavy atom. The smallest absolute Gasteiger partial charge is 0.337 e. The van der Waals surface area contributed by atoms with Gasteiger partial charge in [-0.3, -0.25) is 4.90 Å². The van der Waals surface area contributed by atoms with Crippen LogP contribution in [0.1, 0.15) is 15.9 Å². The average molecular weight is 345 g/mol. The van der Waals surface area contributed by atoms with E-state index in [2.05, 4.69) is 21.9 Å². The van der Waals surface area contributed by atoms with E-state index in [0.29, 0.717) is 5.56 Å². The lowest BCUT2D eigenvalue weighted by molar-refractivity contribution is 0.0600. The van der Waals surface area contributed by atoms with E-state index in [9.17, 15) is 4.79 Å². The number of piperazine rings is 1. The second kappa shape index (κ2) is 7.69. The van der Waals surface area contributed by atoms with Crippen LogP contribution in [-0.4, -0.2) is 44.2 Å². The number of esters is 1. The molecule has 24 heavy (non-hydrogen) atoms. The first-order valence-electron chi connectivity index (χ1n) is 8.06. The molecule has 2 aromatic rings. The van der Waals surface area contributed by atoms with Crippen molar-refractivity contribution in [1.82, 2.24) is 4.90 Å². The minimum atomic E-state index is -0.289. The molecule has 0 radical (unpaired) electrons. The molecule has 0 aliphatic carbocycles. The highest BCUT2D eigenvalue weighted by molar-refractivity contribution is 6.30. The van der Waals surface area contributed by atoms with Crippen LogP contribution in [-0.2, 0) is 11.3 Å². The van der Waals surface area contributed by atoms with Crippen molar-refractivity contribution in [2.45, 2.75) is 6.54 Å². The molecule has 1 saturated heterocycles. The summed E-state index contributed by atoms with van der Waals surface area (Å²) in [6, 6.07) is 15.7. The summed E-state index contributed by atoms with van der Waals surface area (Å²) in [5, 5.41) is 0.773. The molecule has 0 saturated carbocycles. The molecule has 0 unspecified atom stereocenters. The number of rotatable bonds is 4. The third-order valence-electron chi connectivity index (χ3n) is 4.30. The minimum absolute atomic E-state index is 0.289. The molecule has 4 nitrogen and oxygen atoms in total. The Morgan fingerprint density at radius 3 is 2.54 bits per heavy atom. The first-order chi connectivity index (χ1) is 11.7. The van der Waals surface area contributed by atoms with Gasteiger partial charge in [0.2, 0.25) is 0 Å². The van der Waals surface area contributed by atoms with Crippen LogP contribution in [0.4, 0.5) is 5.69 Å². The highest BCUT2D eigenvalue weighted by Gasteiger charge is 2.18. The molecular formula is C19H21ClN2O2. The molecule has 3 rings (SSSR count). The van der Waals surface area contributed by atoms with Gasteiger partial charge in [-0.05, 0) is 35.9 Å². The van der Waals surface area contributed by atoms with E-state index in [-0.39, 0.29) is 5.97 Å². The summed E-state index contributed by atoms with van der Waals surface area (Å²) >= 11 is 6.08. The van der Waals surface area contributed by atoms with Crippen LogP contribution in [0.2, 0.25) is 5.02 Å². The molecule has 0 spiro atoms. The third-order valence-corrected chi connectivity index (χ3v) is 4.53. The number of ether oxygens (including phenoxy) is 1. The molecule has 1 heterocycles. The zero-order chi connectivity index (χ0) is 16.9. The summed E-state index contributed by atoms with van der Waals surface area (Å²) in [6.45, 7) is 4.74. The number of methoxy groups -OCH3 is 1. The highest BCUT2D eigenvalue weighted by Crippen LogP contribution is 2.21. The highest BCUT2D eigenvalue weighted by atomic mass is 35.5. The Hall–Kier alpha value is -2.04. The fraction of sp³-hybridized carbons (Fsp3) is 0.316. The molecule has 2 aromatic carbocycles. The molecule has 0 aromatic heterocycles. The summed E-state index contributed by atoms with van der Waals surface area (Å²) in [4.78, 5) is 16.4. The van der Waals surface area contributed by atoms with Crippen LogP contribution in [0.15, 0.2) is 48.5 Å². The van der Waals surface area contributed by atoms with Crippen molar-refractivity contribution >= 4 is 23.3 Å². The third kappa shape index (κ3) is 4.08. The molecule has 126 valence electrons. The van der Waals surface area contributed by atoms with Gasteiger partial charge in [0.1, 0.15) is 0 Å². The lowest BCUT2D eigenvalue weighted by Gasteiger charge is -2.36. The maximum absolute atomic E-state index is 11.6. The Labute approximate surface area is 147 Å². The van der Waals surface area contributed by atoms with Gasteiger partial charge in [-0.1, -0.05) is 29.8 Å². The number of carbonyl (C=O) groups is 1.